The predicted octanol–water partition coefficient (Wildman–Crippen LogP) is 2.98. The van der Waals surface area contributed by atoms with Crippen molar-refractivity contribution in [2.45, 2.75) is 12.5 Å². The summed E-state index contributed by atoms with van der Waals surface area (Å²) < 4.78 is 6.70. The number of hydrogen-bond acceptors (Lipinski definition) is 4. The number of likely N-dealkylation sites (tertiary alicyclic amines) is 1. The van der Waals surface area contributed by atoms with E-state index in [2.05, 4.69) is 25.9 Å². The van der Waals surface area contributed by atoms with Crippen molar-refractivity contribution in [1.82, 2.24) is 14.9 Å². The number of fused-ring (bicyclic) bond motifs is 1. The van der Waals surface area contributed by atoms with Gasteiger partial charge in [-0.3, -0.25) is 9.59 Å². The molecule has 0 aliphatic carbocycles. The number of aromatic nitrogens is 2. The summed E-state index contributed by atoms with van der Waals surface area (Å²) >= 11 is 3.41. The fourth-order valence-electron chi connectivity index (χ4n) is 3.18. The predicted molar refractivity (Wildman–Crippen MR) is 101 cm³/mol. The summed E-state index contributed by atoms with van der Waals surface area (Å²) in [4.78, 5) is 33.6. The number of carbonyl (C=O) groups is 1. The van der Waals surface area contributed by atoms with Gasteiger partial charge in [-0.2, -0.15) is 0 Å². The lowest BCUT2D eigenvalue weighted by molar-refractivity contribution is 0.0772. The number of benzene rings is 1. The second kappa shape index (κ2) is 6.92. The SMILES string of the molecule is O=C(c1cc(=O)[nH]c2ccccc12)N1CC[C@@H](Oc2ncccc2Br)C1. The van der Waals surface area contributed by atoms with E-state index in [9.17, 15) is 9.59 Å². The molecule has 0 saturated carbocycles. The molecular weight excluding hydrogens is 398 g/mol. The third-order valence-corrected chi connectivity index (χ3v) is 5.02. The molecule has 1 N–H and O–H groups in total. The second-order valence-electron chi connectivity index (χ2n) is 6.16. The van der Waals surface area contributed by atoms with Crippen molar-refractivity contribution < 1.29 is 9.53 Å². The number of carbonyl (C=O) groups excluding carboxylic acids is 1. The van der Waals surface area contributed by atoms with Gasteiger partial charge < -0.3 is 14.6 Å². The zero-order valence-electron chi connectivity index (χ0n) is 13.8. The van der Waals surface area contributed by atoms with Gasteiger partial charge in [0, 0.05) is 36.1 Å². The number of nitrogens with one attached hydrogen (secondary N) is 1. The van der Waals surface area contributed by atoms with Gasteiger partial charge in [-0.25, -0.2) is 4.98 Å². The van der Waals surface area contributed by atoms with E-state index in [0.29, 0.717) is 30.0 Å². The highest BCUT2D eigenvalue weighted by Crippen LogP contribution is 2.25. The number of ether oxygens (including phenoxy) is 1. The Kier molecular flexibility index (Phi) is 4.46. The lowest BCUT2D eigenvalue weighted by Gasteiger charge is -2.18. The van der Waals surface area contributed by atoms with Crippen LogP contribution in [-0.2, 0) is 0 Å². The maximum Gasteiger partial charge on any atom is 0.254 e. The first-order valence-electron chi connectivity index (χ1n) is 8.30. The average molecular weight is 414 g/mol. The molecule has 1 aromatic carbocycles. The number of nitrogens with zero attached hydrogens (tertiary/aromatic N) is 2. The largest absolute Gasteiger partial charge is 0.472 e. The monoisotopic (exact) mass is 413 g/mol. The van der Waals surface area contributed by atoms with E-state index in [0.717, 1.165) is 16.3 Å². The molecule has 1 amide bonds. The summed E-state index contributed by atoms with van der Waals surface area (Å²) in [5.74, 6) is 0.367. The summed E-state index contributed by atoms with van der Waals surface area (Å²) in [7, 11) is 0. The van der Waals surface area contributed by atoms with Gasteiger partial charge in [-0.1, -0.05) is 18.2 Å². The highest BCUT2D eigenvalue weighted by molar-refractivity contribution is 9.10. The third-order valence-electron chi connectivity index (χ3n) is 4.42. The number of H-pyrrole nitrogens is 1. The van der Waals surface area contributed by atoms with Crippen LogP contribution in [0.3, 0.4) is 0 Å². The molecular formula is C19H16BrN3O3. The van der Waals surface area contributed by atoms with Crippen LogP contribution in [0.5, 0.6) is 5.88 Å². The minimum Gasteiger partial charge on any atom is -0.472 e. The van der Waals surface area contributed by atoms with Crippen LogP contribution in [-0.4, -0.2) is 40.0 Å². The van der Waals surface area contributed by atoms with Crippen molar-refractivity contribution >= 4 is 32.7 Å². The molecule has 0 bridgehead atoms. The molecule has 1 saturated heterocycles. The molecule has 3 heterocycles. The Morgan fingerprint density at radius 1 is 1.27 bits per heavy atom. The molecule has 1 atom stereocenters. The first-order valence-corrected chi connectivity index (χ1v) is 9.09. The molecule has 1 fully saturated rings. The zero-order chi connectivity index (χ0) is 18.1. The van der Waals surface area contributed by atoms with Crippen LogP contribution in [0, 0.1) is 0 Å². The van der Waals surface area contributed by atoms with E-state index in [1.54, 1.807) is 17.2 Å². The van der Waals surface area contributed by atoms with Gasteiger partial charge in [0.25, 0.3) is 5.91 Å². The molecule has 3 aromatic rings. The van der Waals surface area contributed by atoms with Crippen molar-refractivity contribution in [3.63, 3.8) is 0 Å². The van der Waals surface area contributed by atoms with Gasteiger partial charge in [0.1, 0.15) is 6.10 Å². The minimum atomic E-state index is -0.281. The molecule has 0 unspecified atom stereocenters. The summed E-state index contributed by atoms with van der Waals surface area (Å²) in [6, 6.07) is 12.4. The number of aromatic amines is 1. The second-order valence-corrected chi connectivity index (χ2v) is 7.02. The van der Waals surface area contributed by atoms with E-state index in [4.69, 9.17) is 4.74 Å². The highest BCUT2D eigenvalue weighted by atomic mass is 79.9. The van der Waals surface area contributed by atoms with Gasteiger partial charge in [0.15, 0.2) is 0 Å². The normalized spacial score (nSPS) is 16.8. The van der Waals surface area contributed by atoms with Crippen molar-refractivity contribution in [1.29, 1.82) is 0 Å². The molecule has 0 spiro atoms. The molecule has 7 heteroatoms. The Balaban J connectivity index is 1.55. The van der Waals surface area contributed by atoms with Crippen LogP contribution in [0.15, 0.2) is 57.9 Å². The van der Waals surface area contributed by atoms with Crippen molar-refractivity contribution in [3.8, 4) is 5.88 Å². The van der Waals surface area contributed by atoms with Crippen LogP contribution in [0.2, 0.25) is 0 Å². The van der Waals surface area contributed by atoms with Crippen LogP contribution in [0.1, 0.15) is 16.8 Å². The van der Waals surface area contributed by atoms with E-state index in [1.807, 2.05) is 30.3 Å². The van der Waals surface area contributed by atoms with Crippen LogP contribution < -0.4 is 10.3 Å². The molecule has 132 valence electrons. The quantitative estimate of drug-likeness (QED) is 0.715. The lowest BCUT2D eigenvalue weighted by Crippen LogP contribution is -2.32. The van der Waals surface area contributed by atoms with E-state index >= 15 is 0 Å². The third kappa shape index (κ3) is 3.22. The van der Waals surface area contributed by atoms with E-state index < -0.39 is 0 Å². The minimum absolute atomic E-state index is 0.126. The fraction of sp³-hybridized carbons (Fsp3) is 0.211. The van der Waals surface area contributed by atoms with Gasteiger partial charge in [0.2, 0.25) is 11.4 Å². The highest BCUT2D eigenvalue weighted by Gasteiger charge is 2.30. The van der Waals surface area contributed by atoms with Gasteiger partial charge in [-0.05, 0) is 34.1 Å². The van der Waals surface area contributed by atoms with Crippen LogP contribution in [0.4, 0.5) is 0 Å². The van der Waals surface area contributed by atoms with Gasteiger partial charge >= 0.3 is 0 Å². The standard InChI is InChI=1S/C19H16BrN3O3/c20-15-5-3-8-21-18(15)26-12-7-9-23(11-12)19(25)14-10-17(24)22-16-6-2-1-4-13(14)16/h1-6,8,10,12H,7,9,11H2,(H,22,24)/t12-/m1/s1. The Bertz CT molecular complexity index is 1030. The lowest BCUT2D eigenvalue weighted by atomic mass is 10.1. The number of para-hydroxylation sites is 1. The Morgan fingerprint density at radius 3 is 2.96 bits per heavy atom. The van der Waals surface area contributed by atoms with Crippen molar-refractivity contribution in [2.75, 3.05) is 13.1 Å². The topological polar surface area (TPSA) is 75.3 Å². The number of amides is 1. The molecule has 6 nitrogen and oxygen atoms in total. The molecule has 1 aliphatic heterocycles. The maximum atomic E-state index is 13.0. The molecule has 1 aliphatic rings. The smallest absolute Gasteiger partial charge is 0.254 e. The summed E-state index contributed by atoms with van der Waals surface area (Å²) in [6.07, 6.45) is 2.26. The fourth-order valence-corrected chi connectivity index (χ4v) is 3.53. The summed E-state index contributed by atoms with van der Waals surface area (Å²) in [5, 5.41) is 0.744. The van der Waals surface area contributed by atoms with Crippen LogP contribution in [0.25, 0.3) is 10.9 Å². The first-order chi connectivity index (χ1) is 12.6. The molecule has 26 heavy (non-hydrogen) atoms. The van der Waals surface area contributed by atoms with E-state index in [1.165, 1.54) is 6.07 Å². The Hall–Kier alpha value is -2.67. The molecule has 4 rings (SSSR count). The maximum absolute atomic E-state index is 13.0. The van der Waals surface area contributed by atoms with Crippen molar-refractivity contribution in [2.24, 2.45) is 0 Å². The van der Waals surface area contributed by atoms with Gasteiger partial charge in [-0.15, -0.1) is 0 Å². The summed E-state index contributed by atoms with van der Waals surface area (Å²) in [5.41, 5.74) is 0.799. The van der Waals surface area contributed by atoms with E-state index in [-0.39, 0.29) is 17.6 Å². The van der Waals surface area contributed by atoms with Crippen LogP contribution >= 0.6 is 15.9 Å². The van der Waals surface area contributed by atoms with Crippen molar-refractivity contribution in [3.05, 3.63) is 69.1 Å². The first kappa shape index (κ1) is 16.8. The average Bonchev–Trinajstić information content (AvgIpc) is 3.11. The summed E-state index contributed by atoms with van der Waals surface area (Å²) in [6.45, 7) is 1.04. The van der Waals surface area contributed by atoms with Gasteiger partial charge in [0.05, 0.1) is 16.6 Å². The Morgan fingerprint density at radius 2 is 2.12 bits per heavy atom. The zero-order valence-corrected chi connectivity index (χ0v) is 15.4. The number of rotatable bonds is 3. The number of halogens is 1. The Labute approximate surface area is 157 Å². The number of hydrogen-bond donors (Lipinski definition) is 1. The molecule has 2 aromatic heterocycles. The molecule has 0 radical (unpaired) electrons. The number of pyridine rings is 2.